The quantitative estimate of drug-likeness (QED) is 0.307. The van der Waals surface area contributed by atoms with Gasteiger partial charge in [-0.2, -0.15) is 15.1 Å². The van der Waals surface area contributed by atoms with Crippen LogP contribution in [-0.4, -0.2) is 38.1 Å². The number of ether oxygens (including phenoxy) is 1. The summed E-state index contributed by atoms with van der Waals surface area (Å²) < 4.78 is 8.25. The molecule has 0 bridgehead atoms. The molecule has 3 aliphatic rings. The van der Waals surface area contributed by atoms with E-state index in [1.54, 1.807) is 6.08 Å². The average Bonchev–Trinajstić information content (AvgIpc) is 3.53. The first-order chi connectivity index (χ1) is 19.1. The van der Waals surface area contributed by atoms with Crippen LogP contribution in [0, 0.1) is 5.41 Å². The first-order valence-electron chi connectivity index (χ1n) is 13.9. The average molecular weight is 540 g/mol. The second kappa shape index (κ2) is 11.2. The standard InChI is InChI=1S/C31H33N5O2S/c1-2-8-28-34-36-29(32)26(30(37)33-31(36)39-28)19-23-20-35(27-12-7-6-11-25(23)27)17-18-38-24-15-13-22(14-16-24)21-9-4-3-5-10-21/h6-7,11-16,19-21,32H,2-5,8-10,17-18H2,1H3/b26-19-,32-29?. The van der Waals surface area contributed by atoms with Crippen molar-refractivity contribution in [1.82, 2.24) is 9.58 Å². The highest BCUT2D eigenvalue weighted by atomic mass is 32.2. The maximum Gasteiger partial charge on any atom is 0.283 e. The highest BCUT2D eigenvalue weighted by Gasteiger charge is 2.35. The monoisotopic (exact) mass is 539 g/mol. The van der Waals surface area contributed by atoms with Gasteiger partial charge in [0.1, 0.15) is 17.4 Å². The number of amidine groups is 2. The number of aliphatic imine (C=N–C) groups is 1. The Morgan fingerprint density at radius 2 is 1.90 bits per heavy atom. The molecule has 2 aromatic carbocycles. The molecule has 1 aliphatic carbocycles. The molecule has 7 nitrogen and oxygen atoms in total. The van der Waals surface area contributed by atoms with Crippen LogP contribution in [-0.2, 0) is 11.3 Å². The Morgan fingerprint density at radius 1 is 1.10 bits per heavy atom. The van der Waals surface area contributed by atoms with Crippen molar-refractivity contribution in [2.75, 3.05) is 6.61 Å². The van der Waals surface area contributed by atoms with Gasteiger partial charge in [-0.3, -0.25) is 10.2 Å². The zero-order valence-electron chi connectivity index (χ0n) is 22.2. The topological polar surface area (TPSA) is 83.0 Å². The third-order valence-electron chi connectivity index (χ3n) is 7.64. The Morgan fingerprint density at radius 3 is 2.69 bits per heavy atom. The molecular formula is C31H33N5O2S. The molecule has 1 fully saturated rings. The third kappa shape index (κ3) is 5.30. The van der Waals surface area contributed by atoms with Crippen molar-refractivity contribution >= 4 is 50.7 Å². The molecule has 0 unspecified atom stereocenters. The van der Waals surface area contributed by atoms with Crippen LogP contribution in [0.4, 0.5) is 0 Å². The van der Waals surface area contributed by atoms with Crippen molar-refractivity contribution in [1.29, 1.82) is 5.41 Å². The van der Waals surface area contributed by atoms with E-state index >= 15 is 0 Å². The van der Waals surface area contributed by atoms with Gasteiger partial charge in [-0.05, 0) is 73.2 Å². The number of nitrogens with zero attached hydrogens (tertiary/aromatic N) is 4. The van der Waals surface area contributed by atoms with Gasteiger partial charge < -0.3 is 9.30 Å². The van der Waals surface area contributed by atoms with Crippen LogP contribution in [0.15, 0.2) is 70.4 Å². The molecule has 39 heavy (non-hydrogen) atoms. The van der Waals surface area contributed by atoms with Crippen LogP contribution < -0.4 is 4.74 Å². The number of hydrazone groups is 1. The van der Waals surface area contributed by atoms with E-state index in [1.807, 2.05) is 24.4 Å². The summed E-state index contributed by atoms with van der Waals surface area (Å²) in [5, 5.41) is 17.1. The highest BCUT2D eigenvalue weighted by molar-refractivity contribution is 8.26. The van der Waals surface area contributed by atoms with Crippen LogP contribution in [0.2, 0.25) is 0 Å². The van der Waals surface area contributed by atoms with Crippen molar-refractivity contribution in [2.24, 2.45) is 10.1 Å². The van der Waals surface area contributed by atoms with Gasteiger partial charge in [0.25, 0.3) is 5.91 Å². The Hall–Kier alpha value is -3.65. The summed E-state index contributed by atoms with van der Waals surface area (Å²) in [6.07, 6.45) is 12.2. The third-order valence-corrected chi connectivity index (χ3v) is 8.61. The largest absolute Gasteiger partial charge is 0.492 e. The van der Waals surface area contributed by atoms with Gasteiger partial charge in [0, 0.05) is 22.7 Å². The lowest BCUT2D eigenvalue weighted by Gasteiger charge is -2.22. The summed E-state index contributed by atoms with van der Waals surface area (Å²) in [5.74, 6) is 1.24. The first-order valence-corrected chi connectivity index (χ1v) is 14.7. The predicted molar refractivity (Wildman–Crippen MR) is 160 cm³/mol. The van der Waals surface area contributed by atoms with E-state index in [0.29, 0.717) is 24.2 Å². The fourth-order valence-electron chi connectivity index (χ4n) is 5.61. The lowest BCUT2D eigenvalue weighted by molar-refractivity contribution is -0.114. The minimum absolute atomic E-state index is 0.0699. The summed E-state index contributed by atoms with van der Waals surface area (Å²) in [4.78, 5) is 17.1. The van der Waals surface area contributed by atoms with Crippen LogP contribution in [0.25, 0.3) is 17.0 Å². The fraction of sp³-hybridized carbons (Fsp3) is 0.355. The minimum atomic E-state index is -0.400. The molecule has 3 heterocycles. The van der Waals surface area contributed by atoms with E-state index in [9.17, 15) is 4.79 Å². The van der Waals surface area contributed by atoms with E-state index in [2.05, 4.69) is 51.9 Å². The molecule has 3 aromatic rings. The van der Waals surface area contributed by atoms with Crippen LogP contribution in [0.5, 0.6) is 5.75 Å². The number of aromatic nitrogens is 1. The van der Waals surface area contributed by atoms with E-state index in [0.717, 1.165) is 40.1 Å². The number of fused-ring (bicyclic) bond motifs is 2. The molecule has 1 N–H and O–H groups in total. The minimum Gasteiger partial charge on any atom is -0.492 e. The number of rotatable bonds is 8. The second-order valence-electron chi connectivity index (χ2n) is 10.3. The van der Waals surface area contributed by atoms with Crippen LogP contribution >= 0.6 is 11.8 Å². The Labute approximate surface area is 233 Å². The molecule has 8 heteroatoms. The van der Waals surface area contributed by atoms with E-state index in [4.69, 9.17) is 10.1 Å². The summed E-state index contributed by atoms with van der Waals surface area (Å²) in [6.45, 7) is 3.27. The number of nitrogens with one attached hydrogen (secondary N) is 1. The molecule has 1 saturated carbocycles. The first kappa shape index (κ1) is 25.6. The molecular weight excluding hydrogens is 506 g/mol. The number of carbonyl (C=O) groups excluding carboxylic acids is 1. The number of benzene rings is 2. The summed E-state index contributed by atoms with van der Waals surface area (Å²) in [5.41, 5.74) is 3.60. The highest BCUT2D eigenvalue weighted by Crippen LogP contribution is 2.34. The molecule has 2 aliphatic heterocycles. The number of hydrogen-bond acceptors (Lipinski definition) is 5. The van der Waals surface area contributed by atoms with Crippen molar-refractivity contribution in [2.45, 2.75) is 64.3 Å². The molecule has 200 valence electrons. The van der Waals surface area contributed by atoms with Gasteiger partial charge >= 0.3 is 0 Å². The number of para-hydroxylation sites is 1. The van der Waals surface area contributed by atoms with Crippen LogP contribution in [0.3, 0.4) is 0 Å². The van der Waals surface area contributed by atoms with Crippen LogP contribution in [0.1, 0.15) is 68.9 Å². The van der Waals surface area contributed by atoms with E-state index in [1.165, 1.54) is 54.4 Å². The second-order valence-corrected chi connectivity index (χ2v) is 11.4. The van der Waals surface area contributed by atoms with Gasteiger partial charge in [-0.1, -0.05) is 56.5 Å². The zero-order chi connectivity index (χ0) is 26.8. The molecule has 0 saturated heterocycles. The molecule has 0 atom stereocenters. The van der Waals surface area contributed by atoms with E-state index < -0.39 is 5.91 Å². The van der Waals surface area contributed by atoms with Gasteiger partial charge in [-0.15, -0.1) is 0 Å². The summed E-state index contributed by atoms with van der Waals surface area (Å²) >= 11 is 1.38. The molecule has 1 amide bonds. The Kier molecular flexibility index (Phi) is 7.37. The Balaban J connectivity index is 1.18. The van der Waals surface area contributed by atoms with Crippen molar-refractivity contribution < 1.29 is 9.53 Å². The summed E-state index contributed by atoms with van der Waals surface area (Å²) in [6, 6.07) is 16.7. The summed E-state index contributed by atoms with van der Waals surface area (Å²) in [7, 11) is 0. The molecule has 1 aromatic heterocycles. The molecule has 6 rings (SSSR count). The van der Waals surface area contributed by atoms with Gasteiger partial charge in [0.05, 0.1) is 12.1 Å². The molecule has 0 spiro atoms. The van der Waals surface area contributed by atoms with Crippen molar-refractivity contribution in [3.8, 4) is 5.75 Å². The van der Waals surface area contributed by atoms with E-state index in [-0.39, 0.29) is 11.4 Å². The fourth-order valence-corrected chi connectivity index (χ4v) is 6.60. The van der Waals surface area contributed by atoms with Crippen molar-refractivity contribution in [3.63, 3.8) is 0 Å². The normalized spacial score (nSPS) is 19.0. The lowest BCUT2D eigenvalue weighted by Crippen LogP contribution is -2.35. The predicted octanol–water partition coefficient (Wildman–Crippen LogP) is 7.19. The number of thioether (sulfide) groups is 1. The molecule has 0 radical (unpaired) electrons. The van der Waals surface area contributed by atoms with Gasteiger partial charge in [-0.25, -0.2) is 0 Å². The maximum atomic E-state index is 12.9. The smallest absolute Gasteiger partial charge is 0.283 e. The SMILES string of the molecule is CCCC1=NN2C(=N)/C(=C/c3cn(CCOc4ccc(C5CCCCC5)cc4)c4ccccc34)C(=O)N=C2S1. The van der Waals surface area contributed by atoms with Gasteiger partial charge in [0.15, 0.2) is 5.84 Å². The number of carbonyl (C=O) groups is 1. The Bertz CT molecular complexity index is 1490. The number of amides is 1. The maximum absolute atomic E-state index is 12.9. The van der Waals surface area contributed by atoms with Crippen molar-refractivity contribution in [3.05, 3.63) is 71.4 Å². The zero-order valence-corrected chi connectivity index (χ0v) is 23.0. The van der Waals surface area contributed by atoms with Gasteiger partial charge in [0.2, 0.25) is 5.17 Å². The number of hydrogen-bond donors (Lipinski definition) is 1. The lowest BCUT2D eigenvalue weighted by atomic mass is 9.84.